The number of fused-ring (bicyclic) bond motifs is 1. The first-order valence-corrected chi connectivity index (χ1v) is 11.0. The van der Waals surface area contributed by atoms with Crippen molar-refractivity contribution in [3.05, 3.63) is 58.1 Å². The molecule has 0 radical (unpaired) electrons. The molecule has 0 fully saturated rings. The molecule has 1 atom stereocenters. The predicted molar refractivity (Wildman–Crippen MR) is 107 cm³/mol. The summed E-state index contributed by atoms with van der Waals surface area (Å²) in [6.45, 7) is 0.403. The van der Waals surface area contributed by atoms with E-state index in [1.54, 1.807) is 24.6 Å². The average Bonchev–Trinajstić information content (AvgIpc) is 2.65. The summed E-state index contributed by atoms with van der Waals surface area (Å²) >= 11 is 6.50. The first kappa shape index (κ1) is 20.0. The first-order chi connectivity index (χ1) is 12.9. The van der Waals surface area contributed by atoms with Crippen LogP contribution < -0.4 is 9.47 Å². The van der Waals surface area contributed by atoms with Gasteiger partial charge in [-0.2, -0.15) is 4.31 Å². The van der Waals surface area contributed by atoms with E-state index >= 15 is 0 Å². The van der Waals surface area contributed by atoms with Gasteiger partial charge in [-0.3, -0.25) is 0 Å². The van der Waals surface area contributed by atoms with Crippen LogP contribution in [0.2, 0.25) is 5.02 Å². The van der Waals surface area contributed by atoms with Gasteiger partial charge in [-0.05, 0) is 30.4 Å². The Morgan fingerprint density at radius 1 is 1.19 bits per heavy atom. The van der Waals surface area contributed by atoms with Crippen molar-refractivity contribution in [2.24, 2.45) is 0 Å². The largest absolute Gasteiger partial charge is 0.493 e. The lowest BCUT2D eigenvalue weighted by atomic mass is 9.89. The molecule has 0 aliphatic carbocycles. The molecule has 1 heterocycles. The Labute approximate surface area is 165 Å². The highest BCUT2D eigenvalue weighted by Crippen LogP contribution is 2.47. The first-order valence-electron chi connectivity index (χ1n) is 8.80. The number of ether oxygens (including phenoxy) is 2. The van der Waals surface area contributed by atoms with Crippen LogP contribution in [0.1, 0.15) is 29.2 Å². The fourth-order valence-corrected chi connectivity index (χ4v) is 5.18. The van der Waals surface area contributed by atoms with Gasteiger partial charge < -0.3 is 9.47 Å². The van der Waals surface area contributed by atoms with Crippen molar-refractivity contribution >= 4 is 21.6 Å². The molecule has 0 saturated heterocycles. The fourth-order valence-electron chi connectivity index (χ4n) is 3.79. The number of methoxy groups -OCH3 is 2. The van der Waals surface area contributed by atoms with E-state index in [1.807, 2.05) is 30.3 Å². The number of aryl methyl sites for hydroxylation is 1. The molecule has 0 saturated carbocycles. The Bertz CT molecular complexity index is 915. The zero-order chi connectivity index (χ0) is 19.6. The number of benzene rings is 2. The second-order valence-electron chi connectivity index (χ2n) is 6.65. The highest BCUT2D eigenvalue weighted by atomic mass is 35.5. The summed E-state index contributed by atoms with van der Waals surface area (Å²) in [5.41, 5.74) is 2.91. The van der Waals surface area contributed by atoms with Gasteiger partial charge >= 0.3 is 0 Å². The zero-order valence-electron chi connectivity index (χ0n) is 15.7. The lowest BCUT2D eigenvalue weighted by Crippen LogP contribution is -2.40. The molecule has 2 aromatic carbocycles. The second-order valence-corrected chi connectivity index (χ2v) is 8.99. The van der Waals surface area contributed by atoms with Crippen LogP contribution in [-0.2, 0) is 22.9 Å². The molecule has 27 heavy (non-hydrogen) atoms. The summed E-state index contributed by atoms with van der Waals surface area (Å²) in [6.07, 6.45) is 3.17. The molecule has 3 rings (SSSR count). The molecular weight excluding hydrogens is 386 g/mol. The molecule has 1 aliphatic rings. The second kappa shape index (κ2) is 8.09. The average molecular weight is 410 g/mol. The summed E-state index contributed by atoms with van der Waals surface area (Å²) in [6, 6.07) is 11.4. The van der Waals surface area contributed by atoms with Crippen LogP contribution in [0.3, 0.4) is 0 Å². The van der Waals surface area contributed by atoms with E-state index in [9.17, 15) is 8.42 Å². The van der Waals surface area contributed by atoms with Crippen LogP contribution in [0.5, 0.6) is 11.5 Å². The van der Waals surface area contributed by atoms with Crippen molar-refractivity contribution in [1.29, 1.82) is 0 Å². The SMILES string of the molecule is COc1cc(Cl)c2c(c1OC)C(CCc1ccccc1)N(S(C)(=O)=O)CC2. The molecule has 0 N–H and O–H groups in total. The van der Waals surface area contributed by atoms with E-state index in [0.717, 1.165) is 23.1 Å². The molecule has 5 nitrogen and oxygen atoms in total. The molecule has 0 aromatic heterocycles. The van der Waals surface area contributed by atoms with Crippen LogP contribution in [0.15, 0.2) is 36.4 Å². The standard InChI is InChI=1S/C20H24ClNO4S/c1-25-18-13-16(21)15-11-12-22(27(3,23)24)17(19(15)20(18)26-2)10-9-14-7-5-4-6-8-14/h4-8,13,17H,9-12H2,1-3H3. The van der Waals surface area contributed by atoms with Crippen LogP contribution in [0.4, 0.5) is 0 Å². The number of hydrogen-bond donors (Lipinski definition) is 0. The number of nitrogens with zero attached hydrogens (tertiary/aromatic N) is 1. The fraction of sp³-hybridized carbons (Fsp3) is 0.400. The van der Waals surface area contributed by atoms with Crippen molar-refractivity contribution < 1.29 is 17.9 Å². The normalized spacial score (nSPS) is 17.4. The Hall–Kier alpha value is -1.76. The Balaban J connectivity index is 2.10. The van der Waals surface area contributed by atoms with Crippen LogP contribution in [-0.4, -0.2) is 39.7 Å². The monoisotopic (exact) mass is 409 g/mol. The van der Waals surface area contributed by atoms with Crippen LogP contribution in [0.25, 0.3) is 0 Å². The lowest BCUT2D eigenvalue weighted by Gasteiger charge is -2.37. The van der Waals surface area contributed by atoms with Gasteiger partial charge in [-0.25, -0.2) is 8.42 Å². The van der Waals surface area contributed by atoms with Gasteiger partial charge in [0.25, 0.3) is 0 Å². The Morgan fingerprint density at radius 2 is 1.89 bits per heavy atom. The van der Waals surface area contributed by atoms with Crippen molar-refractivity contribution in [3.63, 3.8) is 0 Å². The minimum atomic E-state index is -3.39. The van der Waals surface area contributed by atoms with E-state index in [2.05, 4.69) is 0 Å². The van der Waals surface area contributed by atoms with Gasteiger partial charge in [0, 0.05) is 23.2 Å². The smallest absolute Gasteiger partial charge is 0.211 e. The number of hydrogen-bond acceptors (Lipinski definition) is 4. The number of sulfonamides is 1. The minimum Gasteiger partial charge on any atom is -0.493 e. The van der Waals surface area contributed by atoms with Gasteiger partial charge in [0.1, 0.15) is 0 Å². The maximum Gasteiger partial charge on any atom is 0.211 e. The maximum atomic E-state index is 12.5. The van der Waals surface area contributed by atoms with Gasteiger partial charge in [0.15, 0.2) is 11.5 Å². The summed E-state index contributed by atoms with van der Waals surface area (Å²) in [5, 5.41) is 0.584. The Morgan fingerprint density at radius 3 is 2.48 bits per heavy atom. The molecule has 146 valence electrons. The van der Waals surface area contributed by atoms with Gasteiger partial charge in [-0.15, -0.1) is 0 Å². The summed E-state index contributed by atoms with van der Waals surface area (Å²) in [7, 11) is -0.264. The van der Waals surface area contributed by atoms with Crippen molar-refractivity contribution in [2.75, 3.05) is 27.0 Å². The molecular formula is C20H24ClNO4S. The third-order valence-electron chi connectivity index (χ3n) is 5.00. The molecule has 1 unspecified atom stereocenters. The van der Waals surface area contributed by atoms with E-state index in [4.69, 9.17) is 21.1 Å². The molecule has 2 aromatic rings. The maximum absolute atomic E-state index is 12.5. The van der Waals surface area contributed by atoms with Gasteiger partial charge in [-0.1, -0.05) is 41.9 Å². The molecule has 0 bridgehead atoms. The van der Waals surface area contributed by atoms with Crippen molar-refractivity contribution in [1.82, 2.24) is 4.31 Å². The Kier molecular flexibility index (Phi) is 5.99. The van der Waals surface area contributed by atoms with Crippen molar-refractivity contribution in [2.45, 2.75) is 25.3 Å². The molecule has 0 spiro atoms. The number of halogens is 1. The quantitative estimate of drug-likeness (QED) is 0.727. The van der Waals surface area contributed by atoms with Crippen molar-refractivity contribution in [3.8, 4) is 11.5 Å². The highest BCUT2D eigenvalue weighted by molar-refractivity contribution is 7.88. The van der Waals surface area contributed by atoms with E-state index in [-0.39, 0.29) is 6.04 Å². The van der Waals surface area contributed by atoms with Gasteiger partial charge in [0.2, 0.25) is 10.0 Å². The van der Waals surface area contributed by atoms with E-state index in [0.29, 0.717) is 35.9 Å². The number of rotatable bonds is 6. The molecule has 7 heteroatoms. The zero-order valence-corrected chi connectivity index (χ0v) is 17.3. The summed E-state index contributed by atoms with van der Waals surface area (Å²) in [4.78, 5) is 0. The topological polar surface area (TPSA) is 55.8 Å². The third kappa shape index (κ3) is 4.08. The third-order valence-corrected chi connectivity index (χ3v) is 6.63. The van der Waals surface area contributed by atoms with Crippen LogP contribution >= 0.6 is 11.6 Å². The van der Waals surface area contributed by atoms with E-state index < -0.39 is 10.0 Å². The highest BCUT2D eigenvalue weighted by Gasteiger charge is 2.37. The van der Waals surface area contributed by atoms with Gasteiger partial charge in [0.05, 0.1) is 26.5 Å². The molecule has 0 amide bonds. The van der Waals surface area contributed by atoms with Crippen LogP contribution in [0, 0.1) is 0 Å². The summed E-state index contributed by atoms with van der Waals surface area (Å²) in [5.74, 6) is 1.07. The lowest BCUT2D eigenvalue weighted by molar-refractivity contribution is 0.278. The molecule has 1 aliphatic heterocycles. The van der Waals surface area contributed by atoms with E-state index in [1.165, 1.54) is 6.26 Å². The minimum absolute atomic E-state index is 0.355. The predicted octanol–water partition coefficient (Wildman–Crippen LogP) is 3.85. The summed E-state index contributed by atoms with van der Waals surface area (Å²) < 4.78 is 37.6.